The summed E-state index contributed by atoms with van der Waals surface area (Å²) in [4.78, 5) is 23.3. The van der Waals surface area contributed by atoms with Crippen LogP contribution in [0, 0.1) is 8.99 Å². The number of ketones is 1. The first-order valence-electron chi connectivity index (χ1n) is 5.05. The van der Waals surface area contributed by atoms with Gasteiger partial charge in [0.25, 0.3) is 0 Å². The van der Waals surface area contributed by atoms with Gasteiger partial charge < -0.3 is 4.98 Å². The first-order chi connectivity index (χ1) is 7.80. The molecular weight excluding hydrogens is 352 g/mol. The molecule has 0 spiro atoms. The van der Waals surface area contributed by atoms with Crippen LogP contribution in [0.1, 0.15) is 31.4 Å². The van der Waals surface area contributed by atoms with E-state index < -0.39 is 5.41 Å². The summed E-state index contributed by atoms with van der Waals surface area (Å²) in [6.07, 6.45) is 1.79. The number of halogens is 2. The van der Waals surface area contributed by atoms with E-state index in [0.717, 1.165) is 8.96 Å². The number of hydrogen-bond acceptors (Lipinski definition) is 3. The van der Waals surface area contributed by atoms with E-state index in [2.05, 4.69) is 37.5 Å². The molecule has 1 N–H and O–H groups in total. The average Bonchev–Trinajstić information content (AvgIpc) is 2.58. The van der Waals surface area contributed by atoms with E-state index >= 15 is 0 Å². The summed E-state index contributed by atoms with van der Waals surface area (Å²) in [5.74, 6) is 0.0409. The Morgan fingerprint density at radius 1 is 1.41 bits per heavy atom. The zero-order valence-corrected chi connectivity index (χ0v) is 12.5. The molecule has 0 aliphatic heterocycles. The number of carbonyl (C=O) groups excluding carboxylic acids is 1. The van der Waals surface area contributed by atoms with Crippen LogP contribution in [0.15, 0.2) is 6.20 Å². The highest BCUT2D eigenvalue weighted by Crippen LogP contribution is 2.27. The fraction of sp³-hybridized carbons (Fsp3) is 0.364. The number of aromatic nitrogens is 3. The molecule has 0 saturated heterocycles. The molecule has 0 radical (unpaired) electrons. The van der Waals surface area contributed by atoms with Gasteiger partial charge >= 0.3 is 0 Å². The van der Waals surface area contributed by atoms with Crippen LogP contribution < -0.4 is 0 Å². The second kappa shape index (κ2) is 4.20. The second-order valence-corrected chi connectivity index (χ2v) is 6.30. The fourth-order valence-corrected chi connectivity index (χ4v) is 2.49. The molecular formula is C11H11ClIN3O. The average molecular weight is 364 g/mol. The van der Waals surface area contributed by atoms with Gasteiger partial charge in [-0.3, -0.25) is 4.79 Å². The zero-order valence-electron chi connectivity index (χ0n) is 9.64. The first-order valence-corrected chi connectivity index (χ1v) is 6.51. The van der Waals surface area contributed by atoms with Gasteiger partial charge in [0, 0.05) is 15.2 Å². The van der Waals surface area contributed by atoms with Crippen LogP contribution in [-0.4, -0.2) is 20.7 Å². The molecule has 0 bridgehead atoms. The predicted molar refractivity (Wildman–Crippen MR) is 75.4 cm³/mol. The summed E-state index contributed by atoms with van der Waals surface area (Å²) in [7, 11) is 0. The van der Waals surface area contributed by atoms with E-state index in [1.807, 2.05) is 20.8 Å². The maximum Gasteiger partial charge on any atom is 0.205 e. The molecule has 0 aliphatic carbocycles. The van der Waals surface area contributed by atoms with E-state index in [4.69, 9.17) is 11.6 Å². The van der Waals surface area contributed by atoms with Crippen LogP contribution in [0.5, 0.6) is 0 Å². The van der Waals surface area contributed by atoms with Crippen molar-refractivity contribution in [2.45, 2.75) is 20.8 Å². The summed E-state index contributed by atoms with van der Waals surface area (Å²) in [5.41, 5.74) is 0.0820. The Hall–Kier alpha value is -0.690. The van der Waals surface area contributed by atoms with Crippen LogP contribution in [-0.2, 0) is 0 Å². The Balaban J connectivity index is 2.63. The standard InChI is InChI=1S/C11H11ClIN3O/c1-11(2,3)7(17)10-15-8(12)6-5(13)4-14-9(6)16-10/h4H,1-3H3,(H,14,15,16). The summed E-state index contributed by atoms with van der Waals surface area (Å²) in [5, 5.41) is 1.07. The molecule has 0 aliphatic rings. The fourth-order valence-electron chi connectivity index (χ4n) is 1.39. The van der Waals surface area contributed by atoms with Gasteiger partial charge in [-0.1, -0.05) is 32.4 Å². The molecule has 2 heterocycles. The Kier molecular flexibility index (Phi) is 3.15. The number of H-pyrrole nitrogens is 1. The van der Waals surface area contributed by atoms with Crippen molar-refractivity contribution in [2.24, 2.45) is 5.41 Å². The monoisotopic (exact) mass is 363 g/mol. The van der Waals surface area contributed by atoms with E-state index in [-0.39, 0.29) is 11.6 Å². The van der Waals surface area contributed by atoms with Crippen LogP contribution in [0.4, 0.5) is 0 Å². The topological polar surface area (TPSA) is 58.6 Å². The summed E-state index contributed by atoms with van der Waals surface area (Å²) in [6.45, 7) is 5.49. The van der Waals surface area contributed by atoms with Gasteiger partial charge in [-0.15, -0.1) is 0 Å². The Morgan fingerprint density at radius 2 is 2.06 bits per heavy atom. The molecule has 2 rings (SSSR count). The van der Waals surface area contributed by atoms with Gasteiger partial charge in [-0.25, -0.2) is 9.97 Å². The zero-order chi connectivity index (χ0) is 12.8. The van der Waals surface area contributed by atoms with Crippen LogP contribution in [0.2, 0.25) is 5.15 Å². The van der Waals surface area contributed by atoms with E-state index in [1.165, 1.54) is 0 Å². The number of Topliss-reactive ketones (excluding diaryl/α,β-unsaturated/α-hetero) is 1. The summed E-state index contributed by atoms with van der Waals surface area (Å²) in [6, 6.07) is 0. The maximum atomic E-state index is 12.1. The summed E-state index contributed by atoms with van der Waals surface area (Å²) < 4.78 is 0.942. The molecule has 0 amide bonds. The largest absolute Gasteiger partial charge is 0.345 e. The maximum absolute atomic E-state index is 12.1. The number of carbonyl (C=O) groups is 1. The number of aromatic amines is 1. The van der Waals surface area contributed by atoms with Crippen molar-refractivity contribution in [3.8, 4) is 0 Å². The molecule has 2 aromatic heterocycles. The van der Waals surface area contributed by atoms with Gasteiger partial charge in [0.2, 0.25) is 5.78 Å². The number of nitrogens with one attached hydrogen (secondary N) is 1. The van der Waals surface area contributed by atoms with Gasteiger partial charge in [0.05, 0.1) is 5.39 Å². The quantitative estimate of drug-likeness (QED) is 0.480. The van der Waals surface area contributed by atoms with Gasteiger partial charge in [0.15, 0.2) is 5.82 Å². The molecule has 0 saturated carbocycles. The molecule has 0 atom stereocenters. The van der Waals surface area contributed by atoms with Crippen molar-refractivity contribution >= 4 is 51.0 Å². The van der Waals surface area contributed by atoms with Crippen molar-refractivity contribution in [3.05, 3.63) is 20.7 Å². The van der Waals surface area contributed by atoms with Crippen LogP contribution in [0.3, 0.4) is 0 Å². The van der Waals surface area contributed by atoms with Crippen molar-refractivity contribution in [2.75, 3.05) is 0 Å². The molecule has 4 nitrogen and oxygen atoms in total. The number of rotatable bonds is 1. The third-order valence-corrected chi connectivity index (χ3v) is 3.45. The normalized spacial score (nSPS) is 12.1. The van der Waals surface area contributed by atoms with Crippen LogP contribution >= 0.6 is 34.2 Å². The van der Waals surface area contributed by atoms with E-state index in [1.54, 1.807) is 6.20 Å². The molecule has 0 aromatic carbocycles. The highest BCUT2D eigenvalue weighted by atomic mass is 127. The Morgan fingerprint density at radius 3 is 2.65 bits per heavy atom. The van der Waals surface area contributed by atoms with Gasteiger partial charge in [0.1, 0.15) is 10.8 Å². The number of fused-ring (bicyclic) bond motifs is 1. The highest BCUT2D eigenvalue weighted by molar-refractivity contribution is 14.1. The highest BCUT2D eigenvalue weighted by Gasteiger charge is 2.26. The molecule has 6 heteroatoms. The van der Waals surface area contributed by atoms with Crippen molar-refractivity contribution in [1.29, 1.82) is 0 Å². The van der Waals surface area contributed by atoms with E-state index in [9.17, 15) is 4.79 Å². The lowest BCUT2D eigenvalue weighted by Crippen LogP contribution is -2.22. The minimum absolute atomic E-state index is 0.120. The first kappa shape index (κ1) is 12.8. The molecule has 17 heavy (non-hydrogen) atoms. The predicted octanol–water partition coefficient (Wildman–Crippen LogP) is 3.44. The second-order valence-electron chi connectivity index (χ2n) is 4.78. The smallest absolute Gasteiger partial charge is 0.205 e. The van der Waals surface area contributed by atoms with E-state index in [0.29, 0.717) is 10.8 Å². The van der Waals surface area contributed by atoms with Gasteiger partial charge in [-0.05, 0) is 22.6 Å². The molecule has 0 fully saturated rings. The third kappa shape index (κ3) is 2.30. The van der Waals surface area contributed by atoms with Crippen molar-refractivity contribution in [3.63, 3.8) is 0 Å². The lowest BCUT2D eigenvalue weighted by molar-refractivity contribution is 0.0847. The van der Waals surface area contributed by atoms with Crippen LogP contribution in [0.25, 0.3) is 11.0 Å². The Bertz CT molecular complexity index is 601. The minimum atomic E-state index is -0.517. The van der Waals surface area contributed by atoms with Crippen molar-refractivity contribution < 1.29 is 4.79 Å². The van der Waals surface area contributed by atoms with Gasteiger partial charge in [-0.2, -0.15) is 0 Å². The lowest BCUT2D eigenvalue weighted by Gasteiger charge is -2.15. The molecule has 0 unspecified atom stereocenters. The number of nitrogens with zero attached hydrogens (tertiary/aromatic N) is 2. The minimum Gasteiger partial charge on any atom is -0.345 e. The van der Waals surface area contributed by atoms with Crippen molar-refractivity contribution in [1.82, 2.24) is 15.0 Å². The SMILES string of the molecule is CC(C)(C)C(=O)c1nc(Cl)c2c(I)c[nH]c2n1. The molecule has 90 valence electrons. The molecule has 2 aromatic rings. The summed E-state index contributed by atoms with van der Waals surface area (Å²) >= 11 is 8.22. The Labute approximate surface area is 117 Å². The lowest BCUT2D eigenvalue weighted by atomic mass is 9.90. The third-order valence-electron chi connectivity index (χ3n) is 2.32. The number of hydrogen-bond donors (Lipinski definition) is 1.